The molecule has 1 atom stereocenters. The molecule has 1 saturated heterocycles. The summed E-state index contributed by atoms with van der Waals surface area (Å²) in [4.78, 5) is 14.9. The van der Waals surface area contributed by atoms with Crippen LogP contribution in [0.3, 0.4) is 0 Å². The molecule has 2 rings (SSSR count). The van der Waals surface area contributed by atoms with Gasteiger partial charge in [-0.3, -0.25) is 9.48 Å². The van der Waals surface area contributed by atoms with Gasteiger partial charge in [0.05, 0.1) is 5.69 Å². The molecule has 1 aliphatic heterocycles. The van der Waals surface area contributed by atoms with Crippen molar-refractivity contribution in [3.8, 4) is 0 Å². The highest BCUT2D eigenvalue weighted by atomic mass is 16.2. The fraction of sp³-hybridized carbons (Fsp3) is 0.750. The van der Waals surface area contributed by atoms with Crippen molar-refractivity contribution in [3.05, 3.63) is 17.5 Å². The summed E-state index contributed by atoms with van der Waals surface area (Å²) in [5.41, 5.74) is 1.62. The first-order valence-corrected chi connectivity index (χ1v) is 8.09. The summed E-state index contributed by atoms with van der Waals surface area (Å²) in [6.45, 7) is 11.8. The quantitative estimate of drug-likeness (QED) is 0.904. The Morgan fingerprint density at radius 1 is 1.57 bits per heavy atom. The summed E-state index contributed by atoms with van der Waals surface area (Å²) in [6, 6.07) is 2.11. The van der Waals surface area contributed by atoms with Gasteiger partial charge in [0.1, 0.15) is 5.69 Å². The standard InChI is InChI=1S/C16H28N4O/c1-5-20-15(9-13(4)18-20)16(21)19(12(2)3)11-14-7-6-8-17-10-14/h9,12,14,17H,5-8,10-11H2,1-4H3. The number of piperidine rings is 1. The van der Waals surface area contributed by atoms with Crippen molar-refractivity contribution in [2.45, 2.75) is 53.1 Å². The Bertz CT molecular complexity index is 475. The fourth-order valence-electron chi connectivity index (χ4n) is 2.99. The maximum Gasteiger partial charge on any atom is 0.272 e. The molecule has 5 heteroatoms. The van der Waals surface area contributed by atoms with Crippen molar-refractivity contribution in [2.75, 3.05) is 19.6 Å². The van der Waals surface area contributed by atoms with Crippen LogP contribution in [0.5, 0.6) is 0 Å². The minimum absolute atomic E-state index is 0.109. The molecule has 1 aliphatic rings. The van der Waals surface area contributed by atoms with Crippen LogP contribution in [0.2, 0.25) is 0 Å². The lowest BCUT2D eigenvalue weighted by Gasteiger charge is -2.33. The second-order valence-electron chi connectivity index (χ2n) is 6.25. The summed E-state index contributed by atoms with van der Waals surface area (Å²) >= 11 is 0. The third kappa shape index (κ3) is 3.84. The van der Waals surface area contributed by atoms with Gasteiger partial charge in [-0.1, -0.05) is 0 Å². The van der Waals surface area contributed by atoms with Crippen molar-refractivity contribution in [3.63, 3.8) is 0 Å². The average Bonchev–Trinajstić information content (AvgIpc) is 2.86. The molecule has 0 saturated carbocycles. The highest BCUT2D eigenvalue weighted by Crippen LogP contribution is 2.17. The molecule has 0 bridgehead atoms. The van der Waals surface area contributed by atoms with Gasteiger partial charge in [0.25, 0.3) is 5.91 Å². The summed E-state index contributed by atoms with van der Waals surface area (Å²) < 4.78 is 1.81. The molecule has 118 valence electrons. The summed E-state index contributed by atoms with van der Waals surface area (Å²) in [5, 5.41) is 7.82. The van der Waals surface area contributed by atoms with E-state index in [0.717, 1.165) is 31.9 Å². The third-order valence-electron chi connectivity index (χ3n) is 4.16. The minimum atomic E-state index is 0.109. The van der Waals surface area contributed by atoms with Crippen molar-refractivity contribution in [1.29, 1.82) is 0 Å². The predicted octanol–water partition coefficient (Wildman–Crippen LogP) is 2.06. The lowest BCUT2D eigenvalue weighted by Crippen LogP contribution is -2.44. The van der Waals surface area contributed by atoms with Gasteiger partial charge in [0.15, 0.2) is 0 Å². The highest BCUT2D eigenvalue weighted by Gasteiger charge is 2.26. The molecule has 0 aromatic carbocycles. The summed E-state index contributed by atoms with van der Waals surface area (Å²) in [5.74, 6) is 0.669. The first-order valence-electron chi connectivity index (χ1n) is 8.09. The van der Waals surface area contributed by atoms with E-state index >= 15 is 0 Å². The highest BCUT2D eigenvalue weighted by molar-refractivity contribution is 5.93. The Kier molecular flexibility index (Phi) is 5.39. The Labute approximate surface area is 127 Å². The molecule has 0 radical (unpaired) electrons. The van der Waals surface area contributed by atoms with Gasteiger partial charge >= 0.3 is 0 Å². The van der Waals surface area contributed by atoms with Gasteiger partial charge in [-0.2, -0.15) is 5.10 Å². The molecule has 0 aliphatic carbocycles. The topological polar surface area (TPSA) is 50.2 Å². The number of nitrogens with zero attached hydrogens (tertiary/aromatic N) is 3. The van der Waals surface area contributed by atoms with E-state index in [2.05, 4.69) is 24.3 Å². The van der Waals surface area contributed by atoms with E-state index in [4.69, 9.17) is 0 Å². The number of carbonyl (C=O) groups is 1. The number of hydrogen-bond acceptors (Lipinski definition) is 3. The second kappa shape index (κ2) is 7.07. The third-order valence-corrected chi connectivity index (χ3v) is 4.16. The van der Waals surface area contributed by atoms with Gasteiger partial charge in [-0.05, 0) is 65.6 Å². The smallest absolute Gasteiger partial charge is 0.272 e. The Balaban J connectivity index is 2.14. The summed E-state index contributed by atoms with van der Waals surface area (Å²) in [7, 11) is 0. The molecular weight excluding hydrogens is 264 g/mol. The van der Waals surface area contributed by atoms with Gasteiger partial charge in [-0.15, -0.1) is 0 Å². The molecule has 2 heterocycles. The van der Waals surface area contributed by atoms with Crippen LogP contribution in [0.25, 0.3) is 0 Å². The molecule has 1 N–H and O–H groups in total. The van der Waals surface area contributed by atoms with Crippen LogP contribution in [0.1, 0.15) is 49.8 Å². The largest absolute Gasteiger partial charge is 0.335 e. The van der Waals surface area contributed by atoms with Gasteiger partial charge in [0, 0.05) is 19.1 Å². The first kappa shape index (κ1) is 16.0. The molecular formula is C16H28N4O. The van der Waals surface area contributed by atoms with Crippen molar-refractivity contribution in [2.24, 2.45) is 5.92 Å². The number of amides is 1. The number of hydrogen-bond donors (Lipinski definition) is 1. The molecule has 0 spiro atoms. The molecule has 1 aromatic rings. The number of rotatable bonds is 5. The van der Waals surface area contributed by atoms with Crippen LogP contribution in [0, 0.1) is 12.8 Å². The Morgan fingerprint density at radius 2 is 2.33 bits per heavy atom. The van der Waals surface area contributed by atoms with E-state index in [-0.39, 0.29) is 11.9 Å². The minimum Gasteiger partial charge on any atom is -0.335 e. The van der Waals surface area contributed by atoms with Crippen molar-refractivity contribution >= 4 is 5.91 Å². The Morgan fingerprint density at radius 3 is 2.90 bits per heavy atom. The zero-order chi connectivity index (χ0) is 15.4. The van der Waals surface area contributed by atoms with E-state index in [1.807, 2.05) is 29.5 Å². The molecule has 1 amide bonds. The fourth-order valence-corrected chi connectivity index (χ4v) is 2.99. The molecule has 1 fully saturated rings. The van der Waals surface area contributed by atoms with Crippen molar-refractivity contribution < 1.29 is 4.79 Å². The van der Waals surface area contributed by atoms with Crippen LogP contribution >= 0.6 is 0 Å². The monoisotopic (exact) mass is 292 g/mol. The van der Waals surface area contributed by atoms with Crippen LogP contribution in [-0.2, 0) is 6.54 Å². The number of aryl methyl sites for hydroxylation is 2. The van der Waals surface area contributed by atoms with Crippen LogP contribution in [0.4, 0.5) is 0 Å². The van der Waals surface area contributed by atoms with E-state index < -0.39 is 0 Å². The van der Waals surface area contributed by atoms with Crippen LogP contribution in [0.15, 0.2) is 6.07 Å². The maximum absolute atomic E-state index is 12.9. The average molecular weight is 292 g/mol. The molecule has 21 heavy (non-hydrogen) atoms. The number of carbonyl (C=O) groups excluding carboxylic acids is 1. The zero-order valence-electron chi connectivity index (χ0n) is 13.7. The van der Waals surface area contributed by atoms with Gasteiger partial charge in [0.2, 0.25) is 0 Å². The zero-order valence-corrected chi connectivity index (χ0v) is 13.7. The van der Waals surface area contributed by atoms with E-state index in [0.29, 0.717) is 11.6 Å². The van der Waals surface area contributed by atoms with Crippen LogP contribution in [-0.4, -0.2) is 46.3 Å². The second-order valence-corrected chi connectivity index (χ2v) is 6.25. The van der Waals surface area contributed by atoms with Gasteiger partial charge < -0.3 is 10.2 Å². The number of aromatic nitrogens is 2. The van der Waals surface area contributed by atoms with E-state index in [1.165, 1.54) is 12.8 Å². The predicted molar refractivity (Wildman–Crippen MR) is 84.4 cm³/mol. The SMILES string of the molecule is CCn1nc(C)cc1C(=O)N(CC1CCCNC1)C(C)C. The molecule has 1 unspecified atom stereocenters. The maximum atomic E-state index is 12.9. The Hall–Kier alpha value is -1.36. The lowest BCUT2D eigenvalue weighted by molar-refractivity contribution is 0.0648. The molecule has 5 nitrogen and oxygen atoms in total. The van der Waals surface area contributed by atoms with Crippen LogP contribution < -0.4 is 5.32 Å². The van der Waals surface area contributed by atoms with E-state index in [1.54, 1.807) is 0 Å². The van der Waals surface area contributed by atoms with E-state index in [9.17, 15) is 4.79 Å². The normalized spacial score (nSPS) is 19.0. The van der Waals surface area contributed by atoms with Gasteiger partial charge in [-0.25, -0.2) is 0 Å². The number of nitrogens with one attached hydrogen (secondary N) is 1. The van der Waals surface area contributed by atoms with Crippen molar-refractivity contribution in [1.82, 2.24) is 20.0 Å². The molecule has 1 aromatic heterocycles. The lowest BCUT2D eigenvalue weighted by atomic mass is 9.98. The first-order chi connectivity index (χ1) is 10.0. The summed E-state index contributed by atoms with van der Waals surface area (Å²) in [6.07, 6.45) is 2.41.